The van der Waals surface area contributed by atoms with Gasteiger partial charge in [-0.2, -0.15) is 0 Å². The lowest BCUT2D eigenvalue weighted by molar-refractivity contribution is 0.0749. The fourth-order valence-electron chi connectivity index (χ4n) is 1.18. The normalized spacial score (nSPS) is 9.59. The molecule has 0 aliphatic carbocycles. The van der Waals surface area contributed by atoms with Gasteiger partial charge < -0.3 is 15.4 Å². The van der Waals surface area contributed by atoms with E-state index in [9.17, 15) is 4.79 Å². The molecule has 1 aromatic rings. The Morgan fingerprint density at radius 3 is 3.00 bits per heavy atom. The van der Waals surface area contributed by atoms with Crippen molar-refractivity contribution < 1.29 is 9.53 Å². The van der Waals surface area contributed by atoms with Gasteiger partial charge >= 0.3 is 0 Å². The summed E-state index contributed by atoms with van der Waals surface area (Å²) in [7, 11) is 3.37. The number of carbonyl (C=O) groups is 1. The van der Waals surface area contributed by atoms with Crippen LogP contribution in [0.4, 0.5) is 0 Å². The molecule has 1 rings (SSSR count). The zero-order valence-corrected chi connectivity index (χ0v) is 10.8. The molecule has 0 aromatic carbocycles. The Labute approximate surface area is 105 Å². The molecule has 92 valence electrons. The molecule has 0 bridgehead atoms. The van der Waals surface area contributed by atoms with Crippen molar-refractivity contribution in [3.63, 3.8) is 0 Å². The minimum atomic E-state index is -0.00662. The fraction of sp³-hybridized carbons (Fsp3) is 0.417. The standard InChI is InChI=1S/C12H16N2O2S/c1-14(8-9-16-2)12(15)11-6-5-10(17-11)4-3-7-13/h5-6H,7-9,13H2,1-2H3. The van der Waals surface area contributed by atoms with Gasteiger partial charge in [0.05, 0.1) is 22.9 Å². The Bertz CT molecular complexity index is 431. The van der Waals surface area contributed by atoms with E-state index in [1.165, 1.54) is 11.3 Å². The predicted octanol–water partition coefficient (Wildman–Crippen LogP) is 0.777. The summed E-state index contributed by atoms with van der Waals surface area (Å²) in [6, 6.07) is 3.63. The molecule has 17 heavy (non-hydrogen) atoms. The number of amides is 1. The molecular weight excluding hydrogens is 236 g/mol. The molecule has 0 aliphatic rings. The molecule has 0 fully saturated rings. The number of hydrogen-bond donors (Lipinski definition) is 1. The van der Waals surface area contributed by atoms with Crippen LogP contribution in [0.2, 0.25) is 0 Å². The van der Waals surface area contributed by atoms with Crippen LogP contribution in [-0.4, -0.2) is 44.7 Å². The van der Waals surface area contributed by atoms with Crippen LogP contribution < -0.4 is 5.73 Å². The second-order valence-electron chi connectivity index (χ2n) is 3.39. The van der Waals surface area contributed by atoms with E-state index in [0.29, 0.717) is 24.6 Å². The summed E-state index contributed by atoms with van der Waals surface area (Å²) in [5.41, 5.74) is 5.29. The molecule has 1 heterocycles. The second-order valence-corrected chi connectivity index (χ2v) is 4.47. The van der Waals surface area contributed by atoms with Crippen LogP contribution in [0.3, 0.4) is 0 Å². The van der Waals surface area contributed by atoms with Crippen LogP contribution in [0.25, 0.3) is 0 Å². The SMILES string of the molecule is COCCN(C)C(=O)c1ccc(C#CCN)s1. The van der Waals surface area contributed by atoms with E-state index in [0.717, 1.165) is 4.88 Å². The average Bonchev–Trinajstić information content (AvgIpc) is 2.81. The third-order valence-electron chi connectivity index (χ3n) is 2.11. The first-order chi connectivity index (χ1) is 8.19. The van der Waals surface area contributed by atoms with Gasteiger partial charge in [0, 0.05) is 20.7 Å². The van der Waals surface area contributed by atoms with Gasteiger partial charge in [0.25, 0.3) is 5.91 Å². The summed E-state index contributed by atoms with van der Waals surface area (Å²) in [4.78, 5) is 15.1. The number of likely N-dealkylation sites (N-methyl/N-ethyl adjacent to an activating group) is 1. The number of nitrogens with zero attached hydrogens (tertiary/aromatic N) is 1. The van der Waals surface area contributed by atoms with Gasteiger partial charge in [-0.15, -0.1) is 11.3 Å². The predicted molar refractivity (Wildman–Crippen MR) is 69.1 cm³/mol. The Balaban J connectivity index is 2.66. The first kappa shape index (κ1) is 13.7. The first-order valence-electron chi connectivity index (χ1n) is 5.22. The third-order valence-corrected chi connectivity index (χ3v) is 3.10. The quantitative estimate of drug-likeness (QED) is 0.806. The van der Waals surface area contributed by atoms with Crippen LogP contribution in [0, 0.1) is 11.8 Å². The van der Waals surface area contributed by atoms with Gasteiger partial charge in [-0.25, -0.2) is 0 Å². The van der Waals surface area contributed by atoms with Gasteiger partial charge in [0.2, 0.25) is 0 Å². The number of rotatable bonds is 4. The average molecular weight is 252 g/mol. The van der Waals surface area contributed by atoms with Crippen molar-refractivity contribution in [1.82, 2.24) is 4.90 Å². The van der Waals surface area contributed by atoms with E-state index in [1.54, 1.807) is 25.1 Å². The summed E-state index contributed by atoms with van der Waals surface area (Å²) < 4.78 is 4.93. The van der Waals surface area contributed by atoms with Crippen molar-refractivity contribution in [3.05, 3.63) is 21.9 Å². The minimum Gasteiger partial charge on any atom is -0.383 e. The highest BCUT2D eigenvalue weighted by molar-refractivity contribution is 7.14. The summed E-state index contributed by atoms with van der Waals surface area (Å²) in [6.45, 7) is 1.44. The molecule has 1 amide bonds. The maximum absolute atomic E-state index is 11.9. The highest BCUT2D eigenvalue weighted by atomic mass is 32.1. The number of methoxy groups -OCH3 is 1. The highest BCUT2D eigenvalue weighted by Gasteiger charge is 2.13. The summed E-state index contributed by atoms with van der Waals surface area (Å²) >= 11 is 1.38. The van der Waals surface area contributed by atoms with Crippen molar-refractivity contribution in [2.75, 3.05) is 33.9 Å². The van der Waals surface area contributed by atoms with Crippen molar-refractivity contribution in [2.45, 2.75) is 0 Å². The minimum absolute atomic E-state index is 0.00662. The van der Waals surface area contributed by atoms with Crippen LogP contribution in [0.1, 0.15) is 14.5 Å². The van der Waals surface area contributed by atoms with Gasteiger partial charge in [0.1, 0.15) is 0 Å². The third kappa shape index (κ3) is 4.19. The van der Waals surface area contributed by atoms with E-state index in [-0.39, 0.29) is 5.91 Å². The molecule has 0 saturated heterocycles. The number of hydrogen-bond acceptors (Lipinski definition) is 4. The molecular formula is C12H16N2O2S. The van der Waals surface area contributed by atoms with Gasteiger partial charge in [-0.05, 0) is 12.1 Å². The Hall–Kier alpha value is -1.35. The van der Waals surface area contributed by atoms with E-state index < -0.39 is 0 Å². The molecule has 0 spiro atoms. The Morgan fingerprint density at radius 2 is 2.35 bits per heavy atom. The molecule has 0 unspecified atom stereocenters. The van der Waals surface area contributed by atoms with Gasteiger partial charge in [-0.1, -0.05) is 11.8 Å². The largest absolute Gasteiger partial charge is 0.383 e. The molecule has 5 heteroatoms. The first-order valence-corrected chi connectivity index (χ1v) is 6.04. The summed E-state index contributed by atoms with van der Waals surface area (Å²) in [5.74, 6) is 5.67. The van der Waals surface area contributed by atoms with E-state index in [2.05, 4.69) is 11.8 Å². The molecule has 4 nitrogen and oxygen atoms in total. The molecule has 2 N–H and O–H groups in total. The van der Waals surface area contributed by atoms with Crippen LogP contribution >= 0.6 is 11.3 Å². The van der Waals surface area contributed by atoms with Gasteiger partial charge in [-0.3, -0.25) is 4.79 Å². The topological polar surface area (TPSA) is 55.6 Å². The van der Waals surface area contributed by atoms with Crippen molar-refractivity contribution in [1.29, 1.82) is 0 Å². The monoisotopic (exact) mass is 252 g/mol. The van der Waals surface area contributed by atoms with E-state index >= 15 is 0 Å². The summed E-state index contributed by atoms with van der Waals surface area (Å²) in [5, 5.41) is 0. The number of nitrogens with two attached hydrogens (primary N) is 1. The Morgan fingerprint density at radius 1 is 1.59 bits per heavy atom. The number of ether oxygens (including phenoxy) is 1. The zero-order valence-electron chi connectivity index (χ0n) is 10.0. The van der Waals surface area contributed by atoms with Crippen LogP contribution in [-0.2, 0) is 4.74 Å². The summed E-state index contributed by atoms with van der Waals surface area (Å²) in [6.07, 6.45) is 0. The van der Waals surface area contributed by atoms with Gasteiger partial charge in [0.15, 0.2) is 0 Å². The van der Waals surface area contributed by atoms with E-state index in [1.807, 2.05) is 6.07 Å². The maximum atomic E-state index is 11.9. The van der Waals surface area contributed by atoms with Crippen molar-refractivity contribution >= 4 is 17.2 Å². The lowest BCUT2D eigenvalue weighted by Gasteiger charge is -2.15. The van der Waals surface area contributed by atoms with E-state index in [4.69, 9.17) is 10.5 Å². The lowest BCUT2D eigenvalue weighted by Crippen LogP contribution is -2.29. The number of carbonyl (C=O) groups excluding carboxylic acids is 1. The van der Waals surface area contributed by atoms with Crippen LogP contribution in [0.15, 0.2) is 12.1 Å². The highest BCUT2D eigenvalue weighted by Crippen LogP contribution is 2.16. The number of thiophene rings is 1. The molecule has 0 atom stereocenters. The second kappa shape index (κ2) is 7.07. The fourth-order valence-corrected chi connectivity index (χ4v) is 2.05. The zero-order chi connectivity index (χ0) is 12.7. The van der Waals surface area contributed by atoms with Crippen LogP contribution in [0.5, 0.6) is 0 Å². The van der Waals surface area contributed by atoms with Crippen molar-refractivity contribution in [2.24, 2.45) is 5.73 Å². The molecule has 0 aliphatic heterocycles. The Kier molecular flexibility index (Phi) is 5.70. The maximum Gasteiger partial charge on any atom is 0.263 e. The van der Waals surface area contributed by atoms with Crippen molar-refractivity contribution in [3.8, 4) is 11.8 Å². The smallest absolute Gasteiger partial charge is 0.263 e. The molecule has 1 aromatic heterocycles. The molecule has 0 saturated carbocycles. The lowest BCUT2D eigenvalue weighted by atomic mass is 10.4. The molecule has 0 radical (unpaired) electrons.